The number of amides is 2. The molecule has 0 radical (unpaired) electrons. The molecule has 0 aromatic heterocycles. The second kappa shape index (κ2) is 33.4. The van der Waals surface area contributed by atoms with Crippen LogP contribution in [0.3, 0.4) is 0 Å². The Morgan fingerprint density at radius 2 is 1.06 bits per heavy atom. The summed E-state index contributed by atoms with van der Waals surface area (Å²) in [5.41, 5.74) is 0. The van der Waals surface area contributed by atoms with Crippen molar-refractivity contribution in [1.29, 1.82) is 0 Å². The van der Waals surface area contributed by atoms with E-state index in [0.29, 0.717) is 6.42 Å². The predicted octanol–water partition coefficient (Wildman–Crippen LogP) is 3.10. The summed E-state index contributed by atoms with van der Waals surface area (Å²) in [7, 11) is 0. The van der Waals surface area contributed by atoms with Gasteiger partial charge in [-0.2, -0.15) is 0 Å². The van der Waals surface area contributed by atoms with E-state index in [1.807, 2.05) is 0 Å². The molecule has 0 saturated carbocycles. The minimum absolute atomic E-state index is 0.134. The van der Waals surface area contributed by atoms with E-state index in [1.165, 1.54) is 64.7 Å². The Morgan fingerprint density at radius 1 is 0.609 bits per heavy atom. The maximum Gasteiger partial charge on any atom is 0.297 e. The van der Waals surface area contributed by atoms with Gasteiger partial charge in [-0.1, -0.05) is 89.9 Å². The standard InChI is InChI=1S/C53H58N2O9/c1-6-8-10-12-14-16-18-20-21-22-23-24-25-26-27-28-30-32-34-36-38-40-47(57)55-44(42-61-52-50(60)49(59)48(58)46(62-52)41-54-43(3)56)51-45(63-53(4,5)64-51)39-37-35-33-31-29-19-17-15-13-11-9-7-2/h44-46,48-52,58-60H,7,9,11,13,15,17,19,29,31,33,35,37,39,41-42H2,1-5H3,(H,54,56)(H,55,57)/t44-,45+,46?,48?,49?,50?,51-,52?/m0/s1. The quantitative estimate of drug-likeness (QED) is 0.0918. The van der Waals surface area contributed by atoms with Crippen LogP contribution in [0.4, 0.5) is 0 Å². The van der Waals surface area contributed by atoms with Crippen LogP contribution in [0, 0.1) is 130 Å². The van der Waals surface area contributed by atoms with Crippen molar-refractivity contribution < 1.29 is 43.9 Å². The van der Waals surface area contributed by atoms with Gasteiger partial charge in [0.2, 0.25) is 5.91 Å². The number of aliphatic hydroxyl groups excluding tert-OH is 3. The third-order valence-corrected chi connectivity index (χ3v) is 9.43. The first-order valence-electron chi connectivity index (χ1n) is 21.6. The fourth-order valence-corrected chi connectivity index (χ4v) is 6.42. The second-order valence-corrected chi connectivity index (χ2v) is 15.1. The molecule has 0 spiro atoms. The maximum atomic E-state index is 13.2. The van der Waals surface area contributed by atoms with Gasteiger partial charge in [-0.25, -0.2) is 0 Å². The molecule has 2 aliphatic heterocycles. The van der Waals surface area contributed by atoms with E-state index in [9.17, 15) is 24.9 Å². The molecule has 11 heteroatoms. The first-order valence-corrected chi connectivity index (χ1v) is 21.6. The predicted molar refractivity (Wildman–Crippen MR) is 244 cm³/mol. The largest absolute Gasteiger partial charge is 0.388 e. The molecule has 64 heavy (non-hydrogen) atoms. The molecule has 0 aromatic rings. The lowest BCUT2D eigenvalue weighted by Crippen LogP contribution is -2.61. The van der Waals surface area contributed by atoms with Crippen LogP contribution in [0.1, 0.15) is 118 Å². The number of carbonyl (C=O) groups excluding carboxylic acids is 2. The highest BCUT2D eigenvalue weighted by Crippen LogP contribution is 2.33. The zero-order valence-electron chi connectivity index (χ0n) is 37.5. The van der Waals surface area contributed by atoms with Gasteiger partial charge in [-0.15, -0.1) is 0 Å². The Labute approximate surface area is 381 Å². The van der Waals surface area contributed by atoms with Crippen molar-refractivity contribution >= 4 is 11.8 Å². The summed E-state index contributed by atoms with van der Waals surface area (Å²) in [5, 5.41) is 37.1. The molecular weight excluding hydrogens is 809 g/mol. The average molecular weight is 867 g/mol. The van der Waals surface area contributed by atoms with E-state index < -0.39 is 60.6 Å². The Bertz CT molecular complexity index is 2260. The molecule has 8 atom stereocenters. The average Bonchev–Trinajstić information content (AvgIpc) is 3.58. The summed E-state index contributed by atoms with van der Waals surface area (Å²) >= 11 is 0. The van der Waals surface area contributed by atoms with Crippen molar-refractivity contribution in [3.05, 3.63) is 0 Å². The van der Waals surface area contributed by atoms with Crippen LogP contribution in [0.15, 0.2) is 0 Å². The lowest BCUT2D eigenvalue weighted by atomic mass is 9.98. The Morgan fingerprint density at radius 3 is 1.53 bits per heavy atom. The van der Waals surface area contributed by atoms with Gasteiger partial charge >= 0.3 is 0 Å². The van der Waals surface area contributed by atoms with Gasteiger partial charge in [-0.3, -0.25) is 9.59 Å². The third kappa shape index (κ3) is 24.5. The smallest absolute Gasteiger partial charge is 0.297 e. The minimum atomic E-state index is -1.63. The zero-order chi connectivity index (χ0) is 46.7. The first kappa shape index (κ1) is 54.0. The third-order valence-electron chi connectivity index (χ3n) is 9.43. The molecule has 0 bridgehead atoms. The summed E-state index contributed by atoms with van der Waals surface area (Å²) in [5.74, 6) is 53.2. The Balaban J connectivity index is 2.07. The second-order valence-electron chi connectivity index (χ2n) is 15.1. The number of unbranched alkanes of at least 4 members (excludes halogenated alkanes) is 11. The van der Waals surface area contributed by atoms with Crippen molar-refractivity contribution in [2.75, 3.05) is 13.2 Å². The van der Waals surface area contributed by atoms with Gasteiger partial charge in [-0.05, 0) is 122 Å². The van der Waals surface area contributed by atoms with Crippen LogP contribution >= 0.6 is 0 Å². The van der Waals surface area contributed by atoms with E-state index in [4.69, 9.17) is 18.9 Å². The van der Waals surface area contributed by atoms with Gasteiger partial charge < -0.3 is 44.9 Å². The normalized spacial score (nSPS) is 20.9. The number of ether oxygens (including phenoxy) is 4. The molecule has 2 aliphatic rings. The molecule has 2 heterocycles. The Kier molecular flexibility index (Phi) is 28.1. The molecule has 0 aliphatic carbocycles. The van der Waals surface area contributed by atoms with E-state index in [2.05, 4.69) is 148 Å². The molecule has 2 amide bonds. The molecule has 334 valence electrons. The highest BCUT2D eigenvalue weighted by atomic mass is 16.8. The van der Waals surface area contributed by atoms with Crippen molar-refractivity contribution in [2.45, 2.75) is 173 Å². The molecular formula is C53H58N2O9. The van der Waals surface area contributed by atoms with Crippen LogP contribution in [0.5, 0.6) is 0 Å². The zero-order valence-corrected chi connectivity index (χ0v) is 37.5. The highest BCUT2D eigenvalue weighted by molar-refractivity contribution is 5.94. The lowest BCUT2D eigenvalue weighted by molar-refractivity contribution is -0.297. The fourth-order valence-electron chi connectivity index (χ4n) is 6.42. The topological polar surface area (TPSA) is 156 Å². The van der Waals surface area contributed by atoms with Crippen LogP contribution in [-0.2, 0) is 28.5 Å². The van der Waals surface area contributed by atoms with Gasteiger partial charge in [0.25, 0.3) is 5.91 Å². The van der Waals surface area contributed by atoms with Crippen LogP contribution in [0.25, 0.3) is 0 Å². The minimum Gasteiger partial charge on any atom is -0.388 e. The number of hydrogen-bond acceptors (Lipinski definition) is 9. The van der Waals surface area contributed by atoms with E-state index in [0.717, 1.165) is 19.3 Å². The molecule has 5 unspecified atom stereocenters. The van der Waals surface area contributed by atoms with E-state index >= 15 is 0 Å². The van der Waals surface area contributed by atoms with Crippen molar-refractivity contribution in [2.24, 2.45) is 0 Å². The van der Waals surface area contributed by atoms with Crippen LogP contribution < -0.4 is 10.6 Å². The summed E-state index contributed by atoms with van der Waals surface area (Å²) in [4.78, 5) is 24.7. The summed E-state index contributed by atoms with van der Waals surface area (Å²) in [6, 6.07) is -0.856. The summed E-state index contributed by atoms with van der Waals surface area (Å²) in [6.45, 7) is 8.41. The summed E-state index contributed by atoms with van der Waals surface area (Å²) < 4.78 is 24.3. The van der Waals surface area contributed by atoms with Crippen molar-refractivity contribution in [3.8, 4) is 130 Å². The SMILES string of the molecule is CC#CC#CC#CC#CC#CC#CC#CC#CC#CC#CC#CC(=O)N[C@@H](COC1OC(CNC(C)=O)C(O)C(O)C1O)[C@@H]1OC(C)(C)O[C@@H]1CCCCCCCCCCCCCC. The van der Waals surface area contributed by atoms with Crippen molar-refractivity contribution in [3.63, 3.8) is 0 Å². The number of aliphatic hydroxyl groups is 3. The molecule has 2 saturated heterocycles. The highest BCUT2D eigenvalue weighted by Gasteiger charge is 2.47. The van der Waals surface area contributed by atoms with Crippen LogP contribution in [-0.4, -0.2) is 95.0 Å². The van der Waals surface area contributed by atoms with Gasteiger partial charge in [0, 0.05) is 43.1 Å². The number of nitrogens with one attached hydrogen (secondary N) is 2. The maximum absolute atomic E-state index is 13.2. The van der Waals surface area contributed by atoms with Gasteiger partial charge in [0.15, 0.2) is 12.1 Å². The number of rotatable bonds is 20. The number of hydrogen-bond donors (Lipinski definition) is 5. The lowest BCUT2D eigenvalue weighted by Gasteiger charge is -2.41. The first-order chi connectivity index (χ1) is 31.0. The fraction of sp³-hybridized carbons (Fsp3) is 0.547. The molecule has 2 fully saturated rings. The summed E-state index contributed by atoms with van der Waals surface area (Å²) in [6.07, 6.45) is 6.82. The Hall–Kier alpha value is -6.18. The van der Waals surface area contributed by atoms with E-state index in [1.54, 1.807) is 20.8 Å². The molecule has 2 rings (SSSR count). The molecule has 11 nitrogen and oxygen atoms in total. The number of carbonyl (C=O) groups is 2. The molecule has 5 N–H and O–H groups in total. The monoisotopic (exact) mass is 866 g/mol. The van der Waals surface area contributed by atoms with Crippen molar-refractivity contribution in [1.82, 2.24) is 10.6 Å². The van der Waals surface area contributed by atoms with Gasteiger partial charge in [0.1, 0.15) is 30.5 Å². The van der Waals surface area contributed by atoms with E-state index in [-0.39, 0.29) is 19.1 Å². The van der Waals surface area contributed by atoms with Crippen LogP contribution in [0.2, 0.25) is 0 Å². The molecule has 0 aromatic carbocycles. The van der Waals surface area contributed by atoms with Gasteiger partial charge in [0.05, 0.1) is 18.8 Å².